The molecule has 1 aliphatic carbocycles. The van der Waals surface area contributed by atoms with Gasteiger partial charge in [-0.15, -0.1) is 0 Å². The van der Waals surface area contributed by atoms with Gasteiger partial charge in [0.25, 0.3) is 0 Å². The summed E-state index contributed by atoms with van der Waals surface area (Å²) in [7, 11) is 0. The van der Waals surface area contributed by atoms with Crippen molar-refractivity contribution in [3.05, 3.63) is 0 Å². The van der Waals surface area contributed by atoms with Gasteiger partial charge in [0.05, 0.1) is 6.42 Å². The van der Waals surface area contributed by atoms with Gasteiger partial charge in [-0.05, 0) is 39.5 Å². The fraction of sp³-hybridized carbons (Fsp3) is 0.933. The molecular formula is C15H29NO2. The molecule has 1 aliphatic rings. The van der Waals surface area contributed by atoms with E-state index in [0.29, 0.717) is 12.6 Å². The van der Waals surface area contributed by atoms with Gasteiger partial charge >= 0.3 is 5.97 Å². The Balaban J connectivity index is 2.66. The van der Waals surface area contributed by atoms with Crippen molar-refractivity contribution < 1.29 is 9.90 Å². The minimum Gasteiger partial charge on any atom is -0.481 e. The Kier molecular flexibility index (Phi) is 5.64. The van der Waals surface area contributed by atoms with Gasteiger partial charge in [-0.2, -0.15) is 0 Å². The summed E-state index contributed by atoms with van der Waals surface area (Å²) in [5.74, 6) is 0.144. The van der Waals surface area contributed by atoms with Gasteiger partial charge < -0.3 is 5.11 Å². The first-order chi connectivity index (χ1) is 8.34. The Labute approximate surface area is 112 Å². The van der Waals surface area contributed by atoms with Crippen LogP contribution in [0.25, 0.3) is 0 Å². The molecule has 0 radical (unpaired) electrons. The second kappa shape index (κ2) is 6.55. The van der Waals surface area contributed by atoms with Crippen molar-refractivity contribution in [1.82, 2.24) is 4.90 Å². The number of carboxylic acids is 1. The fourth-order valence-electron chi connectivity index (χ4n) is 3.20. The van der Waals surface area contributed by atoms with Crippen LogP contribution in [-0.4, -0.2) is 34.1 Å². The van der Waals surface area contributed by atoms with Crippen LogP contribution in [0.15, 0.2) is 0 Å². The first-order valence-electron chi connectivity index (χ1n) is 7.33. The van der Waals surface area contributed by atoms with Crippen LogP contribution in [0, 0.1) is 5.92 Å². The van der Waals surface area contributed by atoms with E-state index in [-0.39, 0.29) is 12.0 Å². The predicted octanol–water partition coefficient (Wildman–Crippen LogP) is 3.53. The van der Waals surface area contributed by atoms with Crippen molar-refractivity contribution in [2.75, 3.05) is 6.54 Å². The predicted molar refractivity (Wildman–Crippen MR) is 74.7 cm³/mol. The zero-order chi connectivity index (χ0) is 13.8. The number of nitrogens with zero attached hydrogens (tertiary/aromatic N) is 1. The van der Waals surface area contributed by atoms with E-state index in [1.807, 2.05) is 0 Å². The van der Waals surface area contributed by atoms with Gasteiger partial charge in [-0.25, -0.2) is 0 Å². The highest BCUT2D eigenvalue weighted by Gasteiger charge is 2.32. The molecule has 1 N–H and O–H groups in total. The molecule has 0 amide bonds. The minimum atomic E-state index is -0.688. The largest absolute Gasteiger partial charge is 0.481 e. The molecule has 0 heterocycles. The Morgan fingerprint density at radius 1 is 1.33 bits per heavy atom. The molecule has 0 aromatic carbocycles. The van der Waals surface area contributed by atoms with Crippen LogP contribution in [0.3, 0.4) is 0 Å². The number of hydrogen-bond donors (Lipinski definition) is 1. The lowest BCUT2D eigenvalue weighted by Gasteiger charge is -2.45. The van der Waals surface area contributed by atoms with E-state index in [9.17, 15) is 4.79 Å². The molecular weight excluding hydrogens is 226 g/mol. The molecule has 1 saturated carbocycles. The van der Waals surface area contributed by atoms with Crippen molar-refractivity contribution in [1.29, 1.82) is 0 Å². The molecule has 0 saturated heterocycles. The smallest absolute Gasteiger partial charge is 0.304 e. The summed E-state index contributed by atoms with van der Waals surface area (Å²) in [6, 6.07) is 0.572. The molecule has 0 aromatic heterocycles. The summed E-state index contributed by atoms with van der Waals surface area (Å²) < 4.78 is 0. The summed E-state index contributed by atoms with van der Waals surface area (Å²) in [5.41, 5.74) is 0.0652. The Morgan fingerprint density at radius 2 is 2.00 bits per heavy atom. The van der Waals surface area contributed by atoms with Crippen molar-refractivity contribution in [3.63, 3.8) is 0 Å². The SMILES string of the molecule is CCC1CCCC(N(CCC(=O)O)C(C)(C)C)C1. The number of rotatable bonds is 5. The highest BCUT2D eigenvalue weighted by Crippen LogP contribution is 2.33. The van der Waals surface area contributed by atoms with Crippen LogP contribution in [0.1, 0.15) is 66.2 Å². The van der Waals surface area contributed by atoms with E-state index < -0.39 is 5.97 Å². The first-order valence-corrected chi connectivity index (χ1v) is 7.33. The molecule has 1 rings (SSSR count). The highest BCUT2D eigenvalue weighted by molar-refractivity contribution is 5.66. The third-order valence-corrected chi connectivity index (χ3v) is 4.20. The number of aliphatic carboxylic acids is 1. The fourth-order valence-corrected chi connectivity index (χ4v) is 3.20. The van der Waals surface area contributed by atoms with E-state index in [4.69, 9.17) is 5.11 Å². The van der Waals surface area contributed by atoms with Crippen molar-refractivity contribution >= 4 is 5.97 Å². The number of carboxylic acid groups (broad SMARTS) is 1. The normalized spacial score (nSPS) is 25.4. The summed E-state index contributed by atoms with van der Waals surface area (Å²) in [6.07, 6.45) is 6.63. The van der Waals surface area contributed by atoms with Gasteiger partial charge in [-0.3, -0.25) is 9.69 Å². The van der Waals surface area contributed by atoms with Crippen LogP contribution in [0.4, 0.5) is 0 Å². The maximum Gasteiger partial charge on any atom is 0.304 e. The van der Waals surface area contributed by atoms with Crippen LogP contribution in [0.5, 0.6) is 0 Å². The minimum absolute atomic E-state index is 0.0652. The molecule has 0 spiro atoms. The summed E-state index contributed by atoms with van der Waals surface area (Å²) in [5, 5.41) is 8.90. The quantitative estimate of drug-likeness (QED) is 0.817. The second-order valence-corrected chi connectivity index (χ2v) is 6.60. The van der Waals surface area contributed by atoms with Crippen LogP contribution < -0.4 is 0 Å². The van der Waals surface area contributed by atoms with E-state index in [1.165, 1.54) is 32.1 Å². The second-order valence-electron chi connectivity index (χ2n) is 6.60. The van der Waals surface area contributed by atoms with Gasteiger partial charge in [-0.1, -0.05) is 26.2 Å². The molecule has 0 aromatic rings. The van der Waals surface area contributed by atoms with Gasteiger partial charge in [0, 0.05) is 18.1 Å². The third-order valence-electron chi connectivity index (χ3n) is 4.20. The average Bonchev–Trinajstić information content (AvgIpc) is 2.27. The van der Waals surface area contributed by atoms with Gasteiger partial charge in [0.2, 0.25) is 0 Å². The molecule has 2 atom stereocenters. The van der Waals surface area contributed by atoms with Gasteiger partial charge in [0.1, 0.15) is 0 Å². The van der Waals surface area contributed by atoms with E-state index in [1.54, 1.807) is 0 Å². The van der Waals surface area contributed by atoms with Crippen LogP contribution in [-0.2, 0) is 4.79 Å². The van der Waals surface area contributed by atoms with Crippen LogP contribution in [0.2, 0.25) is 0 Å². The monoisotopic (exact) mass is 255 g/mol. The summed E-state index contributed by atoms with van der Waals surface area (Å²) in [4.78, 5) is 13.2. The first kappa shape index (κ1) is 15.5. The average molecular weight is 255 g/mol. The molecule has 1 fully saturated rings. The van der Waals surface area contributed by atoms with E-state index in [0.717, 1.165) is 5.92 Å². The van der Waals surface area contributed by atoms with Gasteiger partial charge in [0.15, 0.2) is 0 Å². The lowest BCUT2D eigenvalue weighted by Crippen LogP contribution is -2.50. The number of carbonyl (C=O) groups is 1. The zero-order valence-corrected chi connectivity index (χ0v) is 12.4. The standard InChI is InChI=1S/C15H29NO2/c1-5-12-7-6-8-13(11-12)16(15(2,3)4)10-9-14(17)18/h12-13H,5-11H2,1-4H3,(H,17,18). The molecule has 3 heteroatoms. The third kappa shape index (κ3) is 4.60. The van der Waals surface area contributed by atoms with Crippen molar-refractivity contribution in [2.45, 2.75) is 77.8 Å². The topological polar surface area (TPSA) is 40.5 Å². The Bertz CT molecular complexity index is 270. The van der Waals surface area contributed by atoms with Crippen LogP contribution >= 0.6 is 0 Å². The van der Waals surface area contributed by atoms with E-state index in [2.05, 4.69) is 32.6 Å². The maximum absolute atomic E-state index is 10.8. The Hall–Kier alpha value is -0.570. The lowest BCUT2D eigenvalue weighted by molar-refractivity contribution is -0.137. The molecule has 0 bridgehead atoms. The Morgan fingerprint density at radius 3 is 2.50 bits per heavy atom. The van der Waals surface area contributed by atoms with Crippen molar-refractivity contribution in [3.8, 4) is 0 Å². The zero-order valence-electron chi connectivity index (χ0n) is 12.4. The maximum atomic E-state index is 10.8. The van der Waals surface area contributed by atoms with E-state index >= 15 is 0 Å². The molecule has 0 aliphatic heterocycles. The lowest BCUT2D eigenvalue weighted by atomic mass is 9.82. The molecule has 2 unspecified atom stereocenters. The summed E-state index contributed by atoms with van der Waals surface area (Å²) >= 11 is 0. The molecule has 18 heavy (non-hydrogen) atoms. The number of hydrogen-bond acceptors (Lipinski definition) is 2. The molecule has 106 valence electrons. The molecule has 3 nitrogen and oxygen atoms in total. The summed E-state index contributed by atoms with van der Waals surface area (Å²) in [6.45, 7) is 9.55. The highest BCUT2D eigenvalue weighted by atomic mass is 16.4. The van der Waals surface area contributed by atoms with Crippen molar-refractivity contribution in [2.24, 2.45) is 5.92 Å².